The number of aromatic nitrogens is 4. The van der Waals surface area contributed by atoms with Gasteiger partial charge in [-0.2, -0.15) is 5.26 Å². The maximum absolute atomic E-state index is 10.3. The molecule has 2 aliphatic carbocycles. The van der Waals surface area contributed by atoms with Gasteiger partial charge < -0.3 is 14.3 Å². The van der Waals surface area contributed by atoms with E-state index in [1.165, 1.54) is 39.1 Å². The molecule has 6 heterocycles. The van der Waals surface area contributed by atoms with Gasteiger partial charge >= 0.3 is 0 Å². The highest BCUT2D eigenvalue weighted by Gasteiger charge is 2.44. The first-order valence-corrected chi connectivity index (χ1v) is 20.4. The highest BCUT2D eigenvalue weighted by Crippen LogP contribution is 2.50. The number of nitrogens with one attached hydrogen (secondary N) is 1. The van der Waals surface area contributed by atoms with Crippen LogP contribution in [-0.4, -0.2) is 24.6 Å². The molecule has 2 aliphatic heterocycles. The number of aliphatic imine (C=N–C) groups is 1. The maximum atomic E-state index is 10.3. The fourth-order valence-corrected chi connectivity index (χ4v) is 10.3. The topological polar surface area (TPSA) is 83.3 Å². The monoisotopic (exact) mass is 757 g/mol. The Morgan fingerprint density at radius 1 is 0.763 bits per heavy atom. The summed E-state index contributed by atoms with van der Waals surface area (Å²) in [6.45, 7) is 2.18. The van der Waals surface area contributed by atoms with Crippen molar-refractivity contribution in [2.45, 2.75) is 31.8 Å². The van der Waals surface area contributed by atoms with Crippen molar-refractivity contribution in [3.05, 3.63) is 168 Å². The van der Waals surface area contributed by atoms with Gasteiger partial charge in [0.05, 0.1) is 45.3 Å². The molecule has 4 aliphatic rings. The van der Waals surface area contributed by atoms with Crippen LogP contribution >= 0.6 is 0 Å². The maximum Gasteiger partial charge on any atom is 0.160 e. The normalized spacial score (nSPS) is 18.8. The van der Waals surface area contributed by atoms with Crippen molar-refractivity contribution < 1.29 is 0 Å². The minimum atomic E-state index is -0.703. The zero-order valence-electron chi connectivity index (χ0n) is 32.2. The minimum Gasteiger partial charge on any atom is -0.355 e. The largest absolute Gasteiger partial charge is 0.355 e. The summed E-state index contributed by atoms with van der Waals surface area (Å²) in [6.07, 6.45) is 14.1. The van der Waals surface area contributed by atoms with E-state index in [1.807, 2.05) is 12.1 Å². The van der Waals surface area contributed by atoms with Crippen molar-refractivity contribution in [2.75, 3.05) is 5.32 Å². The number of hydrogen-bond acceptors (Lipinski definition) is 5. The lowest BCUT2D eigenvalue weighted by atomic mass is 9.88. The Bertz CT molecular complexity index is 3490. The lowest BCUT2D eigenvalue weighted by Crippen LogP contribution is -2.36. The average Bonchev–Trinajstić information content (AvgIpc) is 4.02. The van der Waals surface area contributed by atoms with E-state index < -0.39 is 5.66 Å². The molecule has 9 aromatic rings. The SMILES string of the molecule is CC1(c2cccc(-c3cc(C#N)cc(-c4cccc(-c5nc6c7c(n8c9ccccc9c(n5)c68)CCC=C7)c4)c3)c2)N=C2c3c(c4ccccc4n3C3=CC=CCC32)N1. The Balaban J connectivity index is 0.909. The lowest BCUT2D eigenvalue weighted by molar-refractivity contribution is 0.568. The number of anilines is 1. The van der Waals surface area contributed by atoms with Crippen LogP contribution in [0, 0.1) is 17.2 Å². The molecule has 59 heavy (non-hydrogen) atoms. The molecule has 0 spiro atoms. The summed E-state index contributed by atoms with van der Waals surface area (Å²) in [6, 6.07) is 42.9. The first-order chi connectivity index (χ1) is 29.0. The highest BCUT2D eigenvalue weighted by molar-refractivity contribution is 6.22. The predicted octanol–water partition coefficient (Wildman–Crippen LogP) is 11.8. The highest BCUT2D eigenvalue weighted by atomic mass is 15.2. The van der Waals surface area contributed by atoms with Crippen molar-refractivity contribution in [2.24, 2.45) is 10.9 Å². The van der Waals surface area contributed by atoms with E-state index in [0.29, 0.717) is 11.4 Å². The van der Waals surface area contributed by atoms with Crippen LogP contribution in [0.5, 0.6) is 0 Å². The van der Waals surface area contributed by atoms with Crippen LogP contribution in [-0.2, 0) is 12.1 Å². The first-order valence-electron chi connectivity index (χ1n) is 20.4. The van der Waals surface area contributed by atoms with Crippen LogP contribution in [0.15, 0.2) is 145 Å². The number of para-hydroxylation sites is 2. The van der Waals surface area contributed by atoms with Gasteiger partial charge in [-0.1, -0.05) is 97.1 Å². The van der Waals surface area contributed by atoms with Gasteiger partial charge in [-0.15, -0.1) is 0 Å². The summed E-state index contributed by atoms with van der Waals surface area (Å²) in [5.41, 5.74) is 18.6. The third kappa shape index (κ3) is 4.49. The van der Waals surface area contributed by atoms with Crippen LogP contribution in [0.4, 0.5) is 5.69 Å². The number of aryl methyl sites for hydroxylation is 1. The third-order valence-corrected chi connectivity index (χ3v) is 13.0. The first kappa shape index (κ1) is 32.5. The summed E-state index contributed by atoms with van der Waals surface area (Å²) in [5, 5.41) is 16.6. The smallest absolute Gasteiger partial charge is 0.160 e. The van der Waals surface area contributed by atoms with Gasteiger partial charge in [-0.05, 0) is 103 Å². The molecule has 2 atom stereocenters. The Hall–Kier alpha value is -7.56. The number of hydrogen-bond donors (Lipinski definition) is 1. The van der Waals surface area contributed by atoms with Crippen molar-refractivity contribution >= 4 is 61.5 Å². The molecule has 0 saturated carbocycles. The summed E-state index contributed by atoms with van der Waals surface area (Å²) >= 11 is 0. The molecule has 1 N–H and O–H groups in total. The average molecular weight is 758 g/mol. The van der Waals surface area contributed by atoms with Crippen LogP contribution in [0.25, 0.3) is 83.8 Å². The quantitative estimate of drug-likeness (QED) is 0.194. The van der Waals surface area contributed by atoms with Crippen molar-refractivity contribution in [1.82, 2.24) is 18.9 Å². The van der Waals surface area contributed by atoms with Crippen LogP contribution in [0.2, 0.25) is 0 Å². The molecule has 0 fully saturated rings. The number of nitriles is 1. The summed E-state index contributed by atoms with van der Waals surface area (Å²) in [4.78, 5) is 16.1. The predicted molar refractivity (Wildman–Crippen MR) is 239 cm³/mol. The Labute approximate surface area is 340 Å². The minimum absolute atomic E-state index is 0.221. The summed E-state index contributed by atoms with van der Waals surface area (Å²) < 4.78 is 4.79. The van der Waals surface area contributed by atoms with Crippen molar-refractivity contribution in [3.8, 4) is 39.7 Å². The summed E-state index contributed by atoms with van der Waals surface area (Å²) in [5.74, 6) is 0.920. The van der Waals surface area contributed by atoms with E-state index in [0.717, 1.165) is 86.0 Å². The number of nitrogens with zero attached hydrogens (tertiary/aromatic N) is 6. The van der Waals surface area contributed by atoms with Gasteiger partial charge in [0.2, 0.25) is 0 Å². The molecule has 7 heteroatoms. The number of allylic oxidation sites excluding steroid dienone is 5. The van der Waals surface area contributed by atoms with Gasteiger partial charge in [0.15, 0.2) is 11.5 Å². The van der Waals surface area contributed by atoms with E-state index in [2.05, 4.69) is 161 Å². The molecule has 0 bridgehead atoms. The van der Waals surface area contributed by atoms with Crippen LogP contribution in [0.1, 0.15) is 47.8 Å². The molecule has 0 amide bonds. The molecular weight excluding hydrogens is 723 g/mol. The second-order valence-corrected chi connectivity index (χ2v) is 16.4. The molecule has 13 rings (SSSR count). The molecule has 5 aromatic carbocycles. The third-order valence-electron chi connectivity index (χ3n) is 13.0. The summed E-state index contributed by atoms with van der Waals surface area (Å²) in [7, 11) is 0. The molecule has 7 nitrogen and oxygen atoms in total. The molecule has 4 aromatic heterocycles. The lowest BCUT2D eigenvalue weighted by Gasteiger charge is -2.34. The second-order valence-electron chi connectivity index (χ2n) is 16.4. The number of benzene rings is 5. The number of rotatable bonds is 4. The van der Waals surface area contributed by atoms with E-state index >= 15 is 0 Å². The zero-order valence-corrected chi connectivity index (χ0v) is 32.2. The number of fused-ring (bicyclic) bond motifs is 12. The molecule has 278 valence electrons. The fourth-order valence-electron chi connectivity index (χ4n) is 10.3. The van der Waals surface area contributed by atoms with Crippen molar-refractivity contribution in [3.63, 3.8) is 0 Å². The van der Waals surface area contributed by atoms with Gasteiger partial charge in [0.1, 0.15) is 11.0 Å². The van der Waals surface area contributed by atoms with Crippen LogP contribution < -0.4 is 5.32 Å². The fraction of sp³-hybridized carbons (Fsp3) is 0.115. The molecular formula is C52H35N7. The van der Waals surface area contributed by atoms with E-state index in [-0.39, 0.29) is 5.92 Å². The van der Waals surface area contributed by atoms with E-state index in [4.69, 9.17) is 15.0 Å². The van der Waals surface area contributed by atoms with E-state index in [1.54, 1.807) is 0 Å². The van der Waals surface area contributed by atoms with Gasteiger partial charge in [0.25, 0.3) is 0 Å². The molecule has 0 saturated heterocycles. The van der Waals surface area contributed by atoms with Crippen LogP contribution in [0.3, 0.4) is 0 Å². The zero-order chi connectivity index (χ0) is 39.0. The Morgan fingerprint density at radius 2 is 1.51 bits per heavy atom. The van der Waals surface area contributed by atoms with Gasteiger partial charge in [-0.3, -0.25) is 4.99 Å². The van der Waals surface area contributed by atoms with E-state index in [9.17, 15) is 5.26 Å². The van der Waals surface area contributed by atoms with Gasteiger partial charge in [0, 0.05) is 39.2 Å². The molecule has 0 radical (unpaired) electrons. The Morgan fingerprint density at radius 3 is 2.37 bits per heavy atom. The molecule has 2 unspecified atom stereocenters. The standard InChI is InChI=1S/C52H35N7/c1-52(56-47-39-18-4-8-22-43(39)59-44-23-9-5-19-40(44)48(57-52)50(47)59)36-15-11-13-32(28-36)35-25-30(29-53)24-34(27-35)31-12-10-14-33(26-31)51-54-45-37-16-2-6-20-41(37)58-42-21-7-3-17-38(42)46(55-51)49(45)58/h2-6,8-18,20,22-28,40,56H,7,19,21H2,1H3. The Kier molecular flexibility index (Phi) is 6.48. The van der Waals surface area contributed by atoms with Crippen molar-refractivity contribution in [1.29, 1.82) is 5.26 Å². The van der Waals surface area contributed by atoms with Gasteiger partial charge in [-0.25, -0.2) is 9.97 Å². The second kappa shape index (κ2) is 11.7.